The van der Waals surface area contributed by atoms with Crippen LogP contribution in [0.2, 0.25) is 0 Å². The second kappa shape index (κ2) is 9.20. The second-order valence-corrected chi connectivity index (χ2v) is 6.47. The number of carbonyl (C=O) groups is 3. The molecule has 0 saturated carbocycles. The molecule has 1 fully saturated rings. The molecule has 0 bridgehead atoms. The number of benzene rings is 1. The van der Waals surface area contributed by atoms with Crippen LogP contribution in [0, 0.1) is 6.92 Å². The Morgan fingerprint density at radius 1 is 0.920 bits per heavy atom. The molecule has 0 aromatic heterocycles. The average molecular weight is 346 g/mol. The van der Waals surface area contributed by atoms with Crippen LogP contribution in [0.25, 0.3) is 0 Å². The average Bonchev–Trinajstić information content (AvgIpc) is 2.60. The molecule has 0 atom stereocenters. The third kappa shape index (κ3) is 5.89. The maximum Gasteiger partial charge on any atom is 0.303 e. The SMILES string of the molecule is Cc1ccccc1CC(=O)N1CCN(C(=O)CCCCC(=O)O)CC1. The van der Waals surface area contributed by atoms with E-state index in [1.807, 2.05) is 36.1 Å². The van der Waals surface area contributed by atoms with Crippen LogP contribution in [0.15, 0.2) is 24.3 Å². The van der Waals surface area contributed by atoms with Crippen molar-refractivity contribution in [3.63, 3.8) is 0 Å². The molecule has 1 aliphatic heterocycles. The molecule has 2 rings (SSSR count). The minimum absolute atomic E-state index is 0.0522. The number of aliphatic carboxylic acids is 1. The molecular weight excluding hydrogens is 320 g/mol. The van der Waals surface area contributed by atoms with E-state index in [-0.39, 0.29) is 18.2 Å². The van der Waals surface area contributed by atoms with Gasteiger partial charge in [0.2, 0.25) is 11.8 Å². The predicted octanol–water partition coefficient (Wildman–Crippen LogP) is 1.85. The van der Waals surface area contributed by atoms with Crippen molar-refractivity contribution in [1.29, 1.82) is 0 Å². The topological polar surface area (TPSA) is 77.9 Å². The van der Waals surface area contributed by atoms with Crippen LogP contribution in [0.1, 0.15) is 36.8 Å². The monoisotopic (exact) mass is 346 g/mol. The Bertz CT molecular complexity index is 622. The van der Waals surface area contributed by atoms with Crippen molar-refractivity contribution in [3.8, 4) is 0 Å². The predicted molar refractivity (Wildman–Crippen MR) is 94.1 cm³/mol. The molecule has 2 amide bonds. The first-order valence-electron chi connectivity index (χ1n) is 8.79. The minimum atomic E-state index is -0.826. The standard InChI is InChI=1S/C19H26N2O4/c1-15-6-2-3-7-16(15)14-18(23)21-12-10-20(11-13-21)17(22)8-4-5-9-19(24)25/h2-3,6-7H,4-5,8-14H2,1H3,(H,24,25). The summed E-state index contributed by atoms with van der Waals surface area (Å²) in [6.45, 7) is 4.23. The highest BCUT2D eigenvalue weighted by atomic mass is 16.4. The van der Waals surface area contributed by atoms with Gasteiger partial charge in [-0.25, -0.2) is 0 Å². The number of carbonyl (C=O) groups excluding carboxylic acids is 2. The second-order valence-electron chi connectivity index (χ2n) is 6.47. The lowest BCUT2D eigenvalue weighted by atomic mass is 10.1. The number of hydrogen-bond donors (Lipinski definition) is 1. The molecule has 6 nitrogen and oxygen atoms in total. The number of aryl methyl sites for hydroxylation is 1. The lowest BCUT2D eigenvalue weighted by molar-refractivity contribution is -0.139. The van der Waals surface area contributed by atoms with Crippen molar-refractivity contribution in [2.24, 2.45) is 0 Å². The normalized spacial score (nSPS) is 14.4. The molecule has 1 heterocycles. The van der Waals surface area contributed by atoms with Gasteiger partial charge in [-0.2, -0.15) is 0 Å². The summed E-state index contributed by atoms with van der Waals surface area (Å²) < 4.78 is 0. The van der Waals surface area contributed by atoms with Crippen molar-refractivity contribution in [2.75, 3.05) is 26.2 Å². The number of rotatable bonds is 7. The first-order valence-corrected chi connectivity index (χ1v) is 8.79. The minimum Gasteiger partial charge on any atom is -0.481 e. The maximum atomic E-state index is 12.4. The highest BCUT2D eigenvalue weighted by Crippen LogP contribution is 2.12. The van der Waals surface area contributed by atoms with E-state index in [1.165, 1.54) is 0 Å². The Kier molecular flexibility index (Phi) is 6.98. The molecule has 6 heteroatoms. The lowest BCUT2D eigenvalue weighted by Crippen LogP contribution is -2.51. The fourth-order valence-corrected chi connectivity index (χ4v) is 3.00. The molecule has 1 saturated heterocycles. The van der Waals surface area contributed by atoms with Gasteiger partial charge in [0.05, 0.1) is 6.42 Å². The molecule has 1 N–H and O–H groups in total. The van der Waals surface area contributed by atoms with E-state index in [9.17, 15) is 14.4 Å². The van der Waals surface area contributed by atoms with Crippen molar-refractivity contribution in [3.05, 3.63) is 35.4 Å². The summed E-state index contributed by atoms with van der Waals surface area (Å²) in [7, 11) is 0. The van der Waals surface area contributed by atoms with E-state index < -0.39 is 5.97 Å². The zero-order chi connectivity index (χ0) is 18.2. The van der Waals surface area contributed by atoms with E-state index in [2.05, 4.69) is 0 Å². The summed E-state index contributed by atoms with van der Waals surface area (Å²) in [4.78, 5) is 38.6. The Labute approximate surface area is 148 Å². The van der Waals surface area contributed by atoms with Crippen LogP contribution < -0.4 is 0 Å². The van der Waals surface area contributed by atoms with Crippen LogP contribution in [-0.2, 0) is 20.8 Å². The lowest BCUT2D eigenvalue weighted by Gasteiger charge is -2.35. The van der Waals surface area contributed by atoms with Crippen molar-refractivity contribution in [2.45, 2.75) is 39.0 Å². The fourth-order valence-electron chi connectivity index (χ4n) is 3.00. The molecule has 0 radical (unpaired) electrons. The summed E-state index contributed by atoms with van der Waals surface area (Å²) in [6, 6.07) is 7.88. The highest BCUT2D eigenvalue weighted by Gasteiger charge is 2.24. The number of amides is 2. The zero-order valence-corrected chi connectivity index (χ0v) is 14.7. The van der Waals surface area contributed by atoms with Crippen molar-refractivity contribution >= 4 is 17.8 Å². The van der Waals surface area contributed by atoms with Crippen LogP contribution in [0.3, 0.4) is 0 Å². The number of carboxylic acid groups (broad SMARTS) is 1. The number of hydrogen-bond acceptors (Lipinski definition) is 3. The van der Waals surface area contributed by atoms with Gasteiger partial charge >= 0.3 is 5.97 Å². The summed E-state index contributed by atoms with van der Waals surface area (Å²) in [5.74, 6) is -0.674. The third-order valence-electron chi connectivity index (χ3n) is 4.62. The molecule has 0 unspecified atom stereocenters. The molecule has 0 spiro atoms. The quantitative estimate of drug-likeness (QED) is 0.765. The van der Waals surface area contributed by atoms with Crippen LogP contribution in [0.5, 0.6) is 0 Å². The van der Waals surface area contributed by atoms with Gasteiger partial charge in [-0.3, -0.25) is 14.4 Å². The fraction of sp³-hybridized carbons (Fsp3) is 0.526. The molecule has 1 aromatic carbocycles. The highest BCUT2D eigenvalue weighted by molar-refractivity contribution is 5.80. The maximum absolute atomic E-state index is 12.4. The van der Waals surface area contributed by atoms with Gasteiger partial charge in [0.25, 0.3) is 0 Å². The number of piperazine rings is 1. The summed E-state index contributed by atoms with van der Waals surface area (Å²) in [6.07, 6.45) is 2.00. The van der Waals surface area contributed by atoms with Crippen LogP contribution >= 0.6 is 0 Å². The Morgan fingerprint density at radius 3 is 2.08 bits per heavy atom. The van der Waals surface area contributed by atoms with E-state index in [0.29, 0.717) is 51.9 Å². The first-order chi connectivity index (χ1) is 12.0. The number of carboxylic acids is 1. The van der Waals surface area contributed by atoms with Gasteiger partial charge in [-0.05, 0) is 30.9 Å². The molecular formula is C19H26N2O4. The van der Waals surface area contributed by atoms with E-state index in [0.717, 1.165) is 11.1 Å². The Morgan fingerprint density at radius 2 is 1.48 bits per heavy atom. The first kappa shape index (κ1) is 19.0. The van der Waals surface area contributed by atoms with Crippen molar-refractivity contribution in [1.82, 2.24) is 9.80 Å². The van der Waals surface area contributed by atoms with Gasteiger partial charge in [-0.15, -0.1) is 0 Å². The van der Waals surface area contributed by atoms with Gasteiger partial charge in [0.1, 0.15) is 0 Å². The van der Waals surface area contributed by atoms with E-state index in [1.54, 1.807) is 4.90 Å². The van der Waals surface area contributed by atoms with Crippen LogP contribution in [0.4, 0.5) is 0 Å². The Balaban J connectivity index is 1.73. The summed E-state index contributed by atoms with van der Waals surface area (Å²) in [5, 5.41) is 8.60. The van der Waals surface area contributed by atoms with Crippen molar-refractivity contribution < 1.29 is 19.5 Å². The number of nitrogens with zero attached hydrogens (tertiary/aromatic N) is 2. The van der Waals surface area contributed by atoms with Crippen LogP contribution in [-0.4, -0.2) is 58.9 Å². The molecule has 1 aromatic rings. The number of unbranched alkanes of at least 4 members (excludes halogenated alkanes) is 1. The molecule has 0 aliphatic carbocycles. The van der Waals surface area contributed by atoms with E-state index in [4.69, 9.17) is 5.11 Å². The molecule has 136 valence electrons. The van der Waals surface area contributed by atoms with Gasteiger partial charge in [-0.1, -0.05) is 24.3 Å². The largest absolute Gasteiger partial charge is 0.481 e. The molecule has 25 heavy (non-hydrogen) atoms. The van der Waals surface area contributed by atoms with Gasteiger partial charge < -0.3 is 14.9 Å². The van der Waals surface area contributed by atoms with Gasteiger partial charge in [0.15, 0.2) is 0 Å². The molecule has 1 aliphatic rings. The van der Waals surface area contributed by atoms with Gasteiger partial charge in [0, 0.05) is 39.0 Å². The Hall–Kier alpha value is -2.37. The third-order valence-corrected chi connectivity index (χ3v) is 4.62. The smallest absolute Gasteiger partial charge is 0.303 e. The summed E-state index contributed by atoms with van der Waals surface area (Å²) in [5.41, 5.74) is 2.16. The zero-order valence-electron chi connectivity index (χ0n) is 14.7. The van der Waals surface area contributed by atoms with E-state index >= 15 is 0 Å². The summed E-state index contributed by atoms with van der Waals surface area (Å²) >= 11 is 0.